The second-order valence-electron chi connectivity index (χ2n) is 8.01. The van der Waals surface area contributed by atoms with Crippen LogP contribution in [0, 0.1) is 0 Å². The first-order valence-electron chi connectivity index (χ1n) is 11.3. The summed E-state index contributed by atoms with van der Waals surface area (Å²) in [7, 11) is 0. The van der Waals surface area contributed by atoms with E-state index in [1.807, 2.05) is 13.0 Å². The molecule has 33 heavy (non-hydrogen) atoms. The number of carbonyl (C=O) groups excluding carboxylic acids is 2. The van der Waals surface area contributed by atoms with Crippen molar-refractivity contribution in [3.63, 3.8) is 0 Å². The fourth-order valence-electron chi connectivity index (χ4n) is 4.28. The Morgan fingerprint density at radius 3 is 2.55 bits per heavy atom. The molecule has 0 radical (unpaired) electrons. The van der Waals surface area contributed by atoms with Crippen molar-refractivity contribution in [3.8, 4) is 5.75 Å². The highest BCUT2D eigenvalue weighted by atomic mass is 16.5. The summed E-state index contributed by atoms with van der Waals surface area (Å²) in [6.45, 7) is 6.76. The van der Waals surface area contributed by atoms with E-state index >= 15 is 0 Å². The second kappa shape index (κ2) is 10.6. The summed E-state index contributed by atoms with van der Waals surface area (Å²) in [5.74, 6) is -0.842. The Morgan fingerprint density at radius 1 is 1.12 bits per heavy atom. The Hall–Kier alpha value is -3.23. The lowest BCUT2D eigenvalue weighted by Gasteiger charge is -2.28. The fraction of sp³-hybridized carbons (Fsp3) is 0.400. The Balaban J connectivity index is 1.62. The van der Waals surface area contributed by atoms with Crippen molar-refractivity contribution in [2.75, 3.05) is 46.0 Å². The Labute approximate surface area is 193 Å². The molecule has 1 amide bonds. The molecule has 4 rings (SSSR count). The van der Waals surface area contributed by atoms with Gasteiger partial charge < -0.3 is 19.5 Å². The Kier molecular flexibility index (Phi) is 7.36. The molecule has 0 bridgehead atoms. The maximum Gasteiger partial charge on any atom is 0.295 e. The van der Waals surface area contributed by atoms with Crippen LogP contribution in [0.4, 0.5) is 0 Å². The number of amides is 1. The second-order valence-corrected chi connectivity index (χ2v) is 8.01. The molecule has 0 unspecified atom stereocenters. The number of ketones is 1. The highest BCUT2D eigenvalue weighted by Crippen LogP contribution is 2.38. The van der Waals surface area contributed by atoms with Gasteiger partial charge in [0.1, 0.15) is 17.6 Å². The van der Waals surface area contributed by atoms with Gasteiger partial charge in [-0.2, -0.15) is 0 Å². The molecule has 2 fully saturated rings. The molecule has 1 aromatic heterocycles. The van der Waals surface area contributed by atoms with E-state index in [0.717, 1.165) is 19.6 Å². The first kappa shape index (κ1) is 22.9. The van der Waals surface area contributed by atoms with Crippen molar-refractivity contribution < 1.29 is 24.2 Å². The molecule has 8 nitrogen and oxygen atoms in total. The van der Waals surface area contributed by atoms with Crippen LogP contribution in [-0.2, 0) is 14.3 Å². The van der Waals surface area contributed by atoms with Gasteiger partial charge in [0.2, 0.25) is 0 Å². The lowest BCUT2D eigenvalue weighted by atomic mass is 9.98. The van der Waals surface area contributed by atoms with E-state index in [1.165, 1.54) is 4.90 Å². The third-order valence-corrected chi connectivity index (χ3v) is 5.92. The monoisotopic (exact) mass is 451 g/mol. The lowest BCUT2D eigenvalue weighted by molar-refractivity contribution is -0.140. The number of aromatic nitrogens is 1. The topological polar surface area (TPSA) is 92.2 Å². The molecule has 8 heteroatoms. The number of Topliss-reactive ketones (excluding diaryl/α,β-unsaturated/α-hetero) is 1. The average Bonchev–Trinajstić information content (AvgIpc) is 3.10. The summed E-state index contributed by atoms with van der Waals surface area (Å²) >= 11 is 0. The first-order valence-corrected chi connectivity index (χ1v) is 11.3. The van der Waals surface area contributed by atoms with Gasteiger partial charge in [-0.1, -0.05) is 6.07 Å². The summed E-state index contributed by atoms with van der Waals surface area (Å²) in [5.41, 5.74) is 1.07. The number of morpholine rings is 1. The number of rotatable bonds is 8. The van der Waals surface area contributed by atoms with E-state index < -0.39 is 17.7 Å². The van der Waals surface area contributed by atoms with E-state index in [0.29, 0.717) is 49.8 Å². The predicted octanol–water partition coefficient (Wildman–Crippen LogP) is 2.62. The number of ether oxygens (including phenoxy) is 2. The molecule has 1 N–H and O–H groups in total. The molecule has 2 aliphatic heterocycles. The quantitative estimate of drug-likeness (QED) is 0.375. The number of aliphatic hydroxyl groups excluding tert-OH is 1. The number of pyridine rings is 1. The van der Waals surface area contributed by atoms with Gasteiger partial charge in [-0.15, -0.1) is 0 Å². The number of nitrogens with zero attached hydrogens (tertiary/aromatic N) is 3. The number of hydrogen-bond acceptors (Lipinski definition) is 7. The first-order chi connectivity index (χ1) is 16.1. The van der Waals surface area contributed by atoms with Crippen LogP contribution in [0.15, 0.2) is 54.2 Å². The maximum atomic E-state index is 13.1. The predicted molar refractivity (Wildman–Crippen MR) is 123 cm³/mol. The maximum absolute atomic E-state index is 13.1. The number of carbonyl (C=O) groups is 2. The third-order valence-electron chi connectivity index (χ3n) is 5.92. The van der Waals surface area contributed by atoms with Crippen molar-refractivity contribution in [2.24, 2.45) is 0 Å². The minimum atomic E-state index is -0.734. The molecule has 1 aromatic carbocycles. The van der Waals surface area contributed by atoms with Gasteiger partial charge in [-0.05, 0) is 49.7 Å². The van der Waals surface area contributed by atoms with Crippen LogP contribution in [0.2, 0.25) is 0 Å². The zero-order valence-corrected chi connectivity index (χ0v) is 18.8. The van der Waals surface area contributed by atoms with Crippen LogP contribution >= 0.6 is 0 Å². The molecule has 0 aliphatic carbocycles. The van der Waals surface area contributed by atoms with E-state index in [-0.39, 0.29) is 11.3 Å². The molecule has 2 aliphatic rings. The number of likely N-dealkylation sites (tertiary alicyclic amines) is 1. The zero-order chi connectivity index (χ0) is 23.2. The number of aliphatic hydroxyl groups is 1. The van der Waals surface area contributed by atoms with Crippen molar-refractivity contribution in [3.05, 3.63) is 65.5 Å². The molecule has 1 atom stereocenters. The molecule has 2 aromatic rings. The highest BCUT2D eigenvalue weighted by molar-refractivity contribution is 6.46. The lowest BCUT2D eigenvalue weighted by Crippen LogP contribution is -2.39. The van der Waals surface area contributed by atoms with Gasteiger partial charge >= 0.3 is 0 Å². The van der Waals surface area contributed by atoms with E-state index in [4.69, 9.17) is 9.47 Å². The van der Waals surface area contributed by atoms with Gasteiger partial charge in [-0.3, -0.25) is 19.5 Å². The standard InChI is InChI=1S/C25H29N3O5/c1-2-33-19-9-7-18(8-10-19)23(29)21-22(20-6-3-4-11-26-20)28(25(31)24(21)30)13-5-12-27-14-16-32-17-15-27/h3-4,6-11,22,29H,2,5,12-17H2,1H3/b23-21+/t22-/m0/s1. The number of hydrogen-bond donors (Lipinski definition) is 1. The molecule has 3 heterocycles. The summed E-state index contributed by atoms with van der Waals surface area (Å²) in [4.78, 5) is 34.3. The van der Waals surface area contributed by atoms with Crippen molar-refractivity contribution in [1.82, 2.24) is 14.8 Å². The summed E-state index contributed by atoms with van der Waals surface area (Å²) in [5, 5.41) is 11.1. The molecule has 174 valence electrons. The highest BCUT2D eigenvalue weighted by Gasteiger charge is 2.46. The summed E-state index contributed by atoms with van der Waals surface area (Å²) < 4.78 is 10.8. The smallest absolute Gasteiger partial charge is 0.295 e. The van der Waals surface area contributed by atoms with Crippen molar-refractivity contribution in [1.29, 1.82) is 0 Å². The summed E-state index contributed by atoms with van der Waals surface area (Å²) in [6, 6.07) is 11.5. The van der Waals surface area contributed by atoms with Crippen LogP contribution < -0.4 is 4.74 Å². The van der Waals surface area contributed by atoms with Crippen LogP contribution in [0.25, 0.3) is 5.76 Å². The van der Waals surface area contributed by atoms with Gasteiger partial charge in [0.15, 0.2) is 0 Å². The zero-order valence-electron chi connectivity index (χ0n) is 18.8. The Morgan fingerprint density at radius 2 is 1.88 bits per heavy atom. The SMILES string of the molecule is CCOc1ccc(/C(O)=C2\C(=O)C(=O)N(CCCN3CCOCC3)[C@H]2c2ccccn2)cc1. The van der Waals surface area contributed by atoms with Crippen LogP contribution in [0.5, 0.6) is 5.75 Å². The van der Waals surface area contributed by atoms with E-state index in [2.05, 4.69) is 9.88 Å². The van der Waals surface area contributed by atoms with Gasteiger partial charge in [-0.25, -0.2) is 0 Å². The Bertz CT molecular complexity index is 1000. The van der Waals surface area contributed by atoms with Crippen LogP contribution in [0.1, 0.15) is 30.6 Å². The van der Waals surface area contributed by atoms with Gasteiger partial charge in [0, 0.05) is 37.9 Å². The molecule has 0 spiro atoms. The molecular weight excluding hydrogens is 422 g/mol. The minimum Gasteiger partial charge on any atom is -0.507 e. The van der Waals surface area contributed by atoms with Crippen molar-refractivity contribution >= 4 is 17.4 Å². The number of benzene rings is 1. The van der Waals surface area contributed by atoms with Crippen LogP contribution in [0.3, 0.4) is 0 Å². The van der Waals surface area contributed by atoms with E-state index in [1.54, 1.807) is 42.6 Å². The van der Waals surface area contributed by atoms with Crippen molar-refractivity contribution in [2.45, 2.75) is 19.4 Å². The fourth-order valence-corrected chi connectivity index (χ4v) is 4.28. The van der Waals surface area contributed by atoms with Gasteiger partial charge in [0.05, 0.1) is 31.1 Å². The molecule has 2 saturated heterocycles. The third kappa shape index (κ3) is 5.07. The van der Waals surface area contributed by atoms with E-state index in [9.17, 15) is 14.7 Å². The minimum absolute atomic E-state index is 0.0641. The summed E-state index contributed by atoms with van der Waals surface area (Å²) in [6.07, 6.45) is 2.33. The van der Waals surface area contributed by atoms with Gasteiger partial charge in [0.25, 0.3) is 11.7 Å². The largest absolute Gasteiger partial charge is 0.507 e. The normalized spacial score (nSPS) is 20.9. The van der Waals surface area contributed by atoms with Crippen LogP contribution in [-0.4, -0.2) is 77.6 Å². The molecule has 0 saturated carbocycles. The average molecular weight is 452 g/mol. The molecular formula is C25H29N3O5.